The van der Waals surface area contributed by atoms with Gasteiger partial charge in [-0.2, -0.15) is 0 Å². The zero-order chi connectivity index (χ0) is 22.0. The number of carbonyl (C=O) groups is 2. The highest BCUT2D eigenvalue weighted by molar-refractivity contribution is 6.21. The monoisotopic (exact) mass is 412 g/mol. The number of nitro groups is 1. The minimum absolute atomic E-state index is 0.00393. The maximum absolute atomic E-state index is 12.3. The number of nitrogens with zero attached hydrogens (tertiary/aromatic N) is 3. The first kappa shape index (κ1) is 23.8. The summed E-state index contributed by atoms with van der Waals surface area (Å²) in [6.07, 6.45) is 0.0624. The van der Waals surface area contributed by atoms with E-state index in [0.29, 0.717) is 0 Å². The molecule has 0 spiro atoms. The molecule has 0 fully saturated rings. The molecule has 12 heteroatoms. The summed E-state index contributed by atoms with van der Waals surface area (Å²) in [7, 11) is 0. The molecular weight excluding hydrogens is 388 g/mol. The molecule has 0 unspecified atom stereocenters. The normalized spacial score (nSPS) is 12.2. The van der Waals surface area contributed by atoms with Gasteiger partial charge in [0.05, 0.1) is 29.3 Å². The molecular formula is C17H24N4O8. The van der Waals surface area contributed by atoms with E-state index in [1.807, 2.05) is 0 Å². The smallest absolute Gasteiger partial charge is 0.311 e. The number of rotatable bonds is 10. The fourth-order valence-corrected chi connectivity index (χ4v) is 2.53. The van der Waals surface area contributed by atoms with Gasteiger partial charge in [-0.25, -0.2) is 0 Å². The summed E-state index contributed by atoms with van der Waals surface area (Å²) in [5, 5.41) is 23.3. The molecule has 0 atom stereocenters. The number of ether oxygens (including phenoxy) is 1. The second-order valence-corrected chi connectivity index (χ2v) is 5.69. The van der Waals surface area contributed by atoms with Crippen molar-refractivity contribution in [3.05, 3.63) is 43.5 Å². The predicted molar refractivity (Wildman–Crippen MR) is 101 cm³/mol. The molecule has 1 heterocycles. The first-order chi connectivity index (χ1) is 13.8. The molecule has 1 aromatic carbocycles. The van der Waals surface area contributed by atoms with Crippen molar-refractivity contribution >= 4 is 17.5 Å². The number of fused-ring (bicyclic) bond motifs is 1. The van der Waals surface area contributed by atoms with Crippen LogP contribution in [-0.2, 0) is 4.84 Å². The van der Waals surface area contributed by atoms with Gasteiger partial charge in [0.1, 0.15) is 0 Å². The zero-order valence-corrected chi connectivity index (χ0v) is 16.5. The molecule has 0 radical (unpaired) electrons. The van der Waals surface area contributed by atoms with Crippen LogP contribution in [0, 0.1) is 20.2 Å². The fraction of sp³-hybridized carbons (Fsp3) is 0.529. The Bertz CT molecular complexity index is 766. The highest BCUT2D eigenvalue weighted by Crippen LogP contribution is 2.35. The van der Waals surface area contributed by atoms with Crippen molar-refractivity contribution in [1.29, 1.82) is 0 Å². The van der Waals surface area contributed by atoms with Crippen molar-refractivity contribution < 1.29 is 29.2 Å². The summed E-state index contributed by atoms with van der Waals surface area (Å²) in [4.78, 5) is 49.9. The molecule has 1 aromatic rings. The molecule has 29 heavy (non-hydrogen) atoms. The van der Waals surface area contributed by atoms with Crippen LogP contribution < -0.4 is 10.1 Å². The van der Waals surface area contributed by atoms with Crippen LogP contribution >= 0.6 is 0 Å². The quantitative estimate of drug-likeness (QED) is 0.262. The van der Waals surface area contributed by atoms with Gasteiger partial charge in [-0.15, -0.1) is 10.1 Å². The molecule has 160 valence electrons. The molecule has 2 rings (SSSR count). The molecule has 2 amide bonds. The van der Waals surface area contributed by atoms with Gasteiger partial charge in [-0.1, -0.05) is 13.8 Å². The summed E-state index contributed by atoms with van der Waals surface area (Å²) < 4.78 is 5.15. The first-order valence-corrected chi connectivity index (χ1v) is 9.07. The third-order valence-corrected chi connectivity index (χ3v) is 3.77. The van der Waals surface area contributed by atoms with E-state index < -0.39 is 27.5 Å². The zero-order valence-electron chi connectivity index (χ0n) is 16.5. The van der Waals surface area contributed by atoms with Crippen molar-refractivity contribution in [3.8, 4) is 5.75 Å². The van der Waals surface area contributed by atoms with E-state index >= 15 is 0 Å². The minimum atomic E-state index is -0.972. The Balaban J connectivity index is 0.000000749. The van der Waals surface area contributed by atoms with Crippen LogP contribution in [0.2, 0.25) is 0 Å². The van der Waals surface area contributed by atoms with Crippen LogP contribution in [0.4, 0.5) is 5.69 Å². The summed E-state index contributed by atoms with van der Waals surface area (Å²) in [6.45, 7) is 7.80. The lowest BCUT2D eigenvalue weighted by molar-refractivity contribution is -0.757. The maximum atomic E-state index is 12.3. The lowest BCUT2D eigenvalue weighted by Crippen LogP contribution is -2.31. The van der Waals surface area contributed by atoms with Crippen LogP contribution in [0.3, 0.4) is 0 Å². The average molecular weight is 412 g/mol. The second kappa shape index (κ2) is 11.5. The number of amides is 2. The summed E-state index contributed by atoms with van der Waals surface area (Å²) in [5.41, 5.74) is -0.495. The van der Waals surface area contributed by atoms with Crippen LogP contribution in [-0.4, -0.2) is 59.6 Å². The second-order valence-electron chi connectivity index (χ2n) is 5.69. The van der Waals surface area contributed by atoms with Crippen LogP contribution in [0.1, 0.15) is 47.9 Å². The van der Waals surface area contributed by atoms with Gasteiger partial charge < -0.3 is 14.9 Å². The number of carbonyl (C=O) groups excluding carboxylic acids is 2. The number of hydrogen-bond donors (Lipinski definition) is 1. The summed E-state index contributed by atoms with van der Waals surface area (Å²) >= 11 is 0. The SMILES string of the molecule is CCNCC.CCOc1cc2c(cc1[N+](=O)[O-])C(=O)N(CCCO[N+](=O)[O-])C2=O. The molecule has 1 aliphatic heterocycles. The Kier molecular flexibility index (Phi) is 9.45. The predicted octanol–water partition coefficient (Wildman–Crippen LogP) is 1.80. The van der Waals surface area contributed by atoms with Gasteiger partial charge in [0.15, 0.2) is 5.75 Å². The van der Waals surface area contributed by atoms with E-state index in [2.05, 4.69) is 24.0 Å². The number of imide groups is 1. The third-order valence-electron chi connectivity index (χ3n) is 3.77. The van der Waals surface area contributed by atoms with Gasteiger partial charge in [0.25, 0.3) is 16.9 Å². The number of nitrogens with one attached hydrogen (secondary N) is 1. The molecule has 0 aliphatic carbocycles. The molecule has 12 nitrogen and oxygen atoms in total. The van der Waals surface area contributed by atoms with Gasteiger partial charge in [0.2, 0.25) is 0 Å². The Morgan fingerprint density at radius 1 is 1.03 bits per heavy atom. The number of hydrogen-bond acceptors (Lipinski definition) is 9. The average Bonchev–Trinajstić information content (AvgIpc) is 2.89. The molecule has 0 saturated heterocycles. The van der Waals surface area contributed by atoms with E-state index in [-0.39, 0.29) is 43.1 Å². The number of nitro benzene ring substituents is 1. The van der Waals surface area contributed by atoms with E-state index in [1.165, 1.54) is 6.07 Å². The van der Waals surface area contributed by atoms with Crippen molar-refractivity contribution in [3.63, 3.8) is 0 Å². The van der Waals surface area contributed by atoms with E-state index in [9.17, 15) is 29.8 Å². The Hall–Kier alpha value is -3.28. The Morgan fingerprint density at radius 2 is 1.62 bits per heavy atom. The maximum Gasteiger partial charge on any atom is 0.311 e. The van der Waals surface area contributed by atoms with E-state index in [0.717, 1.165) is 24.1 Å². The molecule has 1 aliphatic rings. The topological polar surface area (TPSA) is 154 Å². The van der Waals surface area contributed by atoms with E-state index in [4.69, 9.17) is 4.74 Å². The standard InChI is InChI=1S/C13H13N3O8.C4H11N/c1-2-23-11-7-9-8(6-10(11)15(19)20)12(17)14(13(9)18)4-3-5-24-16(21)22;1-3-5-4-2/h6-7H,2-5H2,1H3;5H,3-4H2,1-2H3. The van der Waals surface area contributed by atoms with Crippen molar-refractivity contribution in [2.24, 2.45) is 0 Å². The largest absolute Gasteiger partial charge is 0.487 e. The van der Waals surface area contributed by atoms with E-state index in [1.54, 1.807) is 6.92 Å². The van der Waals surface area contributed by atoms with Crippen molar-refractivity contribution in [2.45, 2.75) is 27.2 Å². The van der Waals surface area contributed by atoms with Crippen molar-refractivity contribution in [1.82, 2.24) is 10.2 Å². The van der Waals surface area contributed by atoms with Crippen LogP contribution in [0.15, 0.2) is 12.1 Å². The van der Waals surface area contributed by atoms with Gasteiger partial charge >= 0.3 is 5.69 Å². The minimum Gasteiger partial charge on any atom is -0.487 e. The van der Waals surface area contributed by atoms with Crippen LogP contribution in [0.5, 0.6) is 5.75 Å². The van der Waals surface area contributed by atoms with Crippen molar-refractivity contribution in [2.75, 3.05) is 32.8 Å². The summed E-state index contributed by atoms with van der Waals surface area (Å²) in [6, 6.07) is 2.18. The lowest BCUT2D eigenvalue weighted by atomic mass is 10.1. The van der Waals surface area contributed by atoms with Gasteiger partial charge in [-0.05, 0) is 26.4 Å². The first-order valence-electron chi connectivity index (χ1n) is 9.07. The van der Waals surface area contributed by atoms with Crippen LogP contribution in [0.25, 0.3) is 0 Å². The number of benzene rings is 1. The highest BCUT2D eigenvalue weighted by atomic mass is 16.9. The third kappa shape index (κ3) is 6.38. The highest BCUT2D eigenvalue weighted by Gasteiger charge is 2.38. The summed E-state index contributed by atoms with van der Waals surface area (Å²) in [5.74, 6) is -1.42. The fourth-order valence-electron chi connectivity index (χ4n) is 2.53. The molecule has 1 N–H and O–H groups in total. The molecule has 0 aromatic heterocycles. The van der Waals surface area contributed by atoms with Gasteiger partial charge in [0, 0.05) is 18.7 Å². The lowest BCUT2D eigenvalue weighted by Gasteiger charge is -2.12. The molecule has 0 bridgehead atoms. The Labute approximate surface area is 167 Å². The van der Waals surface area contributed by atoms with Gasteiger partial charge in [-0.3, -0.25) is 24.6 Å². The molecule has 0 saturated carbocycles. The Morgan fingerprint density at radius 3 is 2.07 bits per heavy atom.